The van der Waals surface area contributed by atoms with Gasteiger partial charge in [-0.05, 0) is 42.5 Å². The Kier molecular flexibility index (Phi) is 3.21. The van der Waals surface area contributed by atoms with E-state index in [0.29, 0.717) is 5.92 Å². The van der Waals surface area contributed by atoms with Gasteiger partial charge in [0.2, 0.25) is 6.08 Å². The van der Waals surface area contributed by atoms with Crippen LogP contribution >= 0.6 is 0 Å². The summed E-state index contributed by atoms with van der Waals surface area (Å²) in [6.07, 6.45) is 1.59. The van der Waals surface area contributed by atoms with E-state index in [2.05, 4.69) is 25.8 Å². The standard InChI is InChI=1S/C12H15NO/c1-8(2)12-9(3)5-6-11(10(12)4)13-7-14/h5-6,8H,1-4H3. The van der Waals surface area contributed by atoms with Crippen LogP contribution in [0.15, 0.2) is 17.1 Å². The van der Waals surface area contributed by atoms with Crippen molar-refractivity contribution in [2.24, 2.45) is 4.99 Å². The first kappa shape index (κ1) is 10.7. The van der Waals surface area contributed by atoms with Crippen molar-refractivity contribution >= 4 is 11.8 Å². The zero-order valence-corrected chi connectivity index (χ0v) is 9.09. The average Bonchev–Trinajstić information content (AvgIpc) is 2.10. The predicted octanol–water partition coefficient (Wildman–Crippen LogP) is 3.39. The first-order valence-corrected chi connectivity index (χ1v) is 4.76. The second-order valence-corrected chi connectivity index (χ2v) is 3.80. The normalized spacial score (nSPS) is 10.1. The molecule has 0 aromatic heterocycles. The van der Waals surface area contributed by atoms with Crippen molar-refractivity contribution in [3.05, 3.63) is 28.8 Å². The van der Waals surface area contributed by atoms with Crippen molar-refractivity contribution in [1.82, 2.24) is 0 Å². The summed E-state index contributed by atoms with van der Waals surface area (Å²) >= 11 is 0. The van der Waals surface area contributed by atoms with E-state index in [1.807, 2.05) is 19.1 Å². The Morgan fingerprint density at radius 2 is 1.93 bits per heavy atom. The van der Waals surface area contributed by atoms with Gasteiger partial charge in [0.1, 0.15) is 0 Å². The van der Waals surface area contributed by atoms with E-state index in [0.717, 1.165) is 11.3 Å². The molecule has 1 aromatic rings. The molecule has 0 aliphatic rings. The van der Waals surface area contributed by atoms with Gasteiger partial charge in [-0.15, -0.1) is 0 Å². The molecule has 0 aliphatic carbocycles. The summed E-state index contributed by atoms with van der Waals surface area (Å²) in [5, 5.41) is 0. The van der Waals surface area contributed by atoms with E-state index < -0.39 is 0 Å². The maximum atomic E-state index is 10.2. The fourth-order valence-electron chi connectivity index (χ4n) is 1.91. The minimum Gasteiger partial charge on any atom is -0.211 e. The number of hydrogen-bond donors (Lipinski definition) is 0. The fraction of sp³-hybridized carbons (Fsp3) is 0.417. The van der Waals surface area contributed by atoms with E-state index in [-0.39, 0.29) is 0 Å². The molecule has 0 saturated heterocycles. The number of isocyanates is 1. The van der Waals surface area contributed by atoms with Gasteiger partial charge in [-0.3, -0.25) is 0 Å². The molecule has 0 spiro atoms. The summed E-state index contributed by atoms with van der Waals surface area (Å²) < 4.78 is 0. The van der Waals surface area contributed by atoms with E-state index in [9.17, 15) is 4.79 Å². The third-order valence-electron chi connectivity index (χ3n) is 2.45. The van der Waals surface area contributed by atoms with E-state index >= 15 is 0 Å². The maximum absolute atomic E-state index is 10.2. The summed E-state index contributed by atoms with van der Waals surface area (Å²) in [7, 11) is 0. The number of aliphatic imine (C=N–C) groups is 1. The molecule has 0 fully saturated rings. The van der Waals surface area contributed by atoms with Crippen molar-refractivity contribution in [2.45, 2.75) is 33.6 Å². The summed E-state index contributed by atoms with van der Waals surface area (Å²) in [6, 6.07) is 3.86. The van der Waals surface area contributed by atoms with Gasteiger partial charge in [0.05, 0.1) is 5.69 Å². The van der Waals surface area contributed by atoms with Crippen LogP contribution in [0.1, 0.15) is 36.5 Å². The minimum absolute atomic E-state index is 0.455. The molecule has 0 unspecified atom stereocenters. The molecule has 0 amide bonds. The van der Waals surface area contributed by atoms with Crippen LogP contribution in [-0.2, 0) is 4.79 Å². The highest BCUT2D eigenvalue weighted by Crippen LogP contribution is 2.29. The molecule has 0 heterocycles. The molecule has 2 nitrogen and oxygen atoms in total. The highest BCUT2D eigenvalue weighted by Gasteiger charge is 2.09. The van der Waals surface area contributed by atoms with Crippen molar-refractivity contribution < 1.29 is 4.79 Å². The van der Waals surface area contributed by atoms with Crippen LogP contribution in [0.25, 0.3) is 0 Å². The highest BCUT2D eigenvalue weighted by molar-refractivity contribution is 5.58. The molecule has 0 N–H and O–H groups in total. The Morgan fingerprint density at radius 1 is 1.29 bits per heavy atom. The molecule has 0 bridgehead atoms. The number of nitrogens with zero attached hydrogens (tertiary/aromatic N) is 1. The molecule has 0 radical (unpaired) electrons. The van der Waals surface area contributed by atoms with Gasteiger partial charge in [-0.2, -0.15) is 4.99 Å². The quantitative estimate of drug-likeness (QED) is 0.518. The second kappa shape index (κ2) is 4.21. The van der Waals surface area contributed by atoms with Gasteiger partial charge in [0, 0.05) is 0 Å². The first-order chi connectivity index (χ1) is 6.57. The largest absolute Gasteiger partial charge is 0.240 e. The Labute approximate surface area is 84.7 Å². The smallest absolute Gasteiger partial charge is 0.211 e. The third-order valence-corrected chi connectivity index (χ3v) is 2.45. The van der Waals surface area contributed by atoms with Gasteiger partial charge in [0.15, 0.2) is 0 Å². The van der Waals surface area contributed by atoms with Crippen molar-refractivity contribution in [3.63, 3.8) is 0 Å². The summed E-state index contributed by atoms with van der Waals surface area (Å²) in [6.45, 7) is 8.36. The second-order valence-electron chi connectivity index (χ2n) is 3.80. The van der Waals surface area contributed by atoms with E-state index in [1.54, 1.807) is 6.08 Å². The van der Waals surface area contributed by atoms with Crippen LogP contribution in [0.2, 0.25) is 0 Å². The van der Waals surface area contributed by atoms with Gasteiger partial charge < -0.3 is 0 Å². The van der Waals surface area contributed by atoms with Crippen molar-refractivity contribution in [1.29, 1.82) is 0 Å². The molecule has 0 saturated carbocycles. The molecule has 74 valence electrons. The Bertz CT molecular complexity index is 388. The minimum atomic E-state index is 0.455. The predicted molar refractivity (Wildman–Crippen MR) is 57.8 cm³/mol. The van der Waals surface area contributed by atoms with Crippen LogP contribution in [0.3, 0.4) is 0 Å². The molecule has 0 atom stereocenters. The maximum Gasteiger partial charge on any atom is 0.240 e. The number of aryl methyl sites for hydroxylation is 1. The zero-order chi connectivity index (χ0) is 10.7. The first-order valence-electron chi connectivity index (χ1n) is 4.76. The van der Waals surface area contributed by atoms with Gasteiger partial charge in [-0.25, -0.2) is 4.79 Å². The van der Waals surface area contributed by atoms with E-state index in [4.69, 9.17) is 0 Å². The SMILES string of the molecule is Cc1ccc(N=C=O)c(C)c1C(C)C. The van der Waals surface area contributed by atoms with Crippen LogP contribution < -0.4 is 0 Å². The molecule has 1 rings (SSSR count). The van der Waals surface area contributed by atoms with Gasteiger partial charge in [-0.1, -0.05) is 19.9 Å². The van der Waals surface area contributed by atoms with Crippen molar-refractivity contribution in [3.8, 4) is 0 Å². The topological polar surface area (TPSA) is 29.4 Å². The average molecular weight is 189 g/mol. The lowest BCUT2D eigenvalue weighted by atomic mass is 9.92. The Hall–Kier alpha value is -1.40. The highest BCUT2D eigenvalue weighted by atomic mass is 16.1. The number of hydrogen-bond acceptors (Lipinski definition) is 2. The van der Waals surface area contributed by atoms with Gasteiger partial charge >= 0.3 is 0 Å². The fourth-order valence-corrected chi connectivity index (χ4v) is 1.91. The summed E-state index contributed by atoms with van der Waals surface area (Å²) in [4.78, 5) is 13.9. The lowest BCUT2D eigenvalue weighted by Crippen LogP contribution is -1.96. The molecule has 14 heavy (non-hydrogen) atoms. The Balaban J connectivity index is 3.40. The monoisotopic (exact) mass is 189 g/mol. The van der Waals surface area contributed by atoms with Crippen LogP contribution in [0.4, 0.5) is 5.69 Å². The van der Waals surface area contributed by atoms with E-state index in [1.165, 1.54) is 11.1 Å². The third kappa shape index (κ3) is 1.91. The van der Waals surface area contributed by atoms with Crippen LogP contribution in [0, 0.1) is 13.8 Å². The molecule has 2 heteroatoms. The summed E-state index contributed by atoms with van der Waals surface area (Å²) in [5.41, 5.74) is 4.35. The number of carbonyl (C=O) groups excluding carboxylic acids is 1. The molecule has 1 aromatic carbocycles. The zero-order valence-electron chi connectivity index (χ0n) is 9.09. The van der Waals surface area contributed by atoms with Crippen LogP contribution in [0.5, 0.6) is 0 Å². The lowest BCUT2D eigenvalue weighted by Gasteiger charge is -2.14. The molecular weight excluding hydrogens is 174 g/mol. The Morgan fingerprint density at radius 3 is 2.43 bits per heavy atom. The molecular formula is C12H15NO. The lowest BCUT2D eigenvalue weighted by molar-refractivity contribution is 0.565. The van der Waals surface area contributed by atoms with Crippen LogP contribution in [-0.4, -0.2) is 6.08 Å². The van der Waals surface area contributed by atoms with Crippen molar-refractivity contribution in [2.75, 3.05) is 0 Å². The number of benzene rings is 1. The summed E-state index contributed by atoms with van der Waals surface area (Å²) in [5.74, 6) is 0.455. The molecule has 0 aliphatic heterocycles. The van der Waals surface area contributed by atoms with Gasteiger partial charge in [0.25, 0.3) is 0 Å². The number of rotatable bonds is 2.